The van der Waals surface area contributed by atoms with Gasteiger partial charge in [-0.3, -0.25) is 0 Å². The number of para-hydroxylation sites is 1. The topological polar surface area (TPSA) is 70.0 Å². The summed E-state index contributed by atoms with van der Waals surface area (Å²) in [6.45, 7) is 0. The van der Waals surface area contributed by atoms with E-state index < -0.39 is 0 Å². The van der Waals surface area contributed by atoms with Crippen LogP contribution in [0.4, 0.5) is 0 Å². The number of aromatic nitrogens is 1. The first kappa shape index (κ1) is 7.62. The summed E-state index contributed by atoms with van der Waals surface area (Å²) in [5.41, 5.74) is 0.915. The number of aromatic hydroxyl groups is 1. The third kappa shape index (κ3) is 1.20. The van der Waals surface area contributed by atoms with Crippen LogP contribution in [-0.2, 0) is 6.42 Å². The van der Waals surface area contributed by atoms with Gasteiger partial charge >= 0.3 is 0 Å². The molecule has 4 heteroatoms. The number of hydrogen-bond acceptors (Lipinski definition) is 4. The number of phenolic OH excluding ortho intramolecular Hbond substituents is 1. The Kier molecular flexibility index (Phi) is 1.64. The van der Waals surface area contributed by atoms with E-state index in [2.05, 4.69) is 4.98 Å². The van der Waals surface area contributed by atoms with Crippen LogP contribution in [0.2, 0.25) is 0 Å². The first-order chi connectivity index (χ1) is 6.31. The number of rotatable bonds is 1. The van der Waals surface area contributed by atoms with Crippen LogP contribution in [0.5, 0.6) is 5.75 Å². The van der Waals surface area contributed by atoms with E-state index in [4.69, 9.17) is 9.68 Å². The van der Waals surface area contributed by atoms with E-state index >= 15 is 0 Å². The summed E-state index contributed by atoms with van der Waals surface area (Å²) >= 11 is 0. The van der Waals surface area contributed by atoms with Gasteiger partial charge in [-0.2, -0.15) is 5.26 Å². The molecule has 1 heterocycles. The van der Waals surface area contributed by atoms with Crippen molar-refractivity contribution >= 4 is 11.1 Å². The van der Waals surface area contributed by atoms with Gasteiger partial charge in [0, 0.05) is 0 Å². The van der Waals surface area contributed by atoms with Gasteiger partial charge in [0.05, 0.1) is 6.07 Å². The van der Waals surface area contributed by atoms with Gasteiger partial charge in [-0.05, 0) is 12.1 Å². The van der Waals surface area contributed by atoms with Gasteiger partial charge in [0.1, 0.15) is 12.2 Å². The quantitative estimate of drug-likeness (QED) is 0.712. The summed E-state index contributed by atoms with van der Waals surface area (Å²) in [5, 5.41) is 17.7. The minimum absolute atomic E-state index is 0.0745. The van der Waals surface area contributed by atoms with Crippen molar-refractivity contribution in [2.75, 3.05) is 0 Å². The Morgan fingerprint density at radius 2 is 2.38 bits per heavy atom. The molecule has 2 aromatic rings. The minimum Gasteiger partial charge on any atom is -0.506 e. The van der Waals surface area contributed by atoms with Crippen molar-refractivity contribution in [3.8, 4) is 11.8 Å². The number of nitriles is 1. The largest absolute Gasteiger partial charge is 0.506 e. The normalized spacial score (nSPS) is 10.1. The molecular formula is C9H6N2O2. The molecule has 0 spiro atoms. The van der Waals surface area contributed by atoms with Crippen LogP contribution in [0.15, 0.2) is 22.6 Å². The lowest BCUT2D eigenvalue weighted by molar-refractivity contribution is 0.480. The van der Waals surface area contributed by atoms with Crippen LogP contribution in [-0.4, -0.2) is 10.1 Å². The lowest BCUT2D eigenvalue weighted by atomic mass is 10.3. The Bertz CT molecular complexity index is 482. The van der Waals surface area contributed by atoms with Crippen molar-refractivity contribution in [2.45, 2.75) is 6.42 Å². The van der Waals surface area contributed by atoms with Crippen LogP contribution in [0.1, 0.15) is 5.89 Å². The van der Waals surface area contributed by atoms with Crippen molar-refractivity contribution in [3.05, 3.63) is 24.1 Å². The third-order valence-corrected chi connectivity index (χ3v) is 1.67. The summed E-state index contributed by atoms with van der Waals surface area (Å²) in [4.78, 5) is 3.96. The van der Waals surface area contributed by atoms with Crippen LogP contribution >= 0.6 is 0 Å². The smallest absolute Gasteiger partial charge is 0.209 e. The minimum atomic E-state index is 0.0745. The fourth-order valence-electron chi connectivity index (χ4n) is 1.12. The first-order valence-corrected chi connectivity index (χ1v) is 3.75. The van der Waals surface area contributed by atoms with Crippen LogP contribution < -0.4 is 0 Å². The van der Waals surface area contributed by atoms with Gasteiger partial charge in [-0.25, -0.2) is 4.98 Å². The van der Waals surface area contributed by atoms with Gasteiger partial charge in [0.15, 0.2) is 11.1 Å². The van der Waals surface area contributed by atoms with E-state index in [-0.39, 0.29) is 12.2 Å². The summed E-state index contributed by atoms with van der Waals surface area (Å²) in [7, 11) is 0. The maximum Gasteiger partial charge on any atom is 0.209 e. The molecule has 2 rings (SSSR count). The molecule has 0 saturated carbocycles. The predicted molar refractivity (Wildman–Crippen MR) is 45.0 cm³/mol. The average molecular weight is 174 g/mol. The van der Waals surface area contributed by atoms with E-state index in [1.54, 1.807) is 12.1 Å². The number of nitrogens with zero attached hydrogens (tertiary/aromatic N) is 2. The van der Waals surface area contributed by atoms with Crippen molar-refractivity contribution < 1.29 is 9.52 Å². The Morgan fingerprint density at radius 3 is 3.08 bits per heavy atom. The monoisotopic (exact) mass is 174 g/mol. The molecule has 0 saturated heterocycles. The molecule has 4 nitrogen and oxygen atoms in total. The maximum atomic E-state index is 9.35. The number of fused-ring (bicyclic) bond motifs is 1. The Balaban J connectivity index is 2.63. The highest BCUT2D eigenvalue weighted by Crippen LogP contribution is 2.24. The van der Waals surface area contributed by atoms with Crippen LogP contribution in [0.25, 0.3) is 11.1 Å². The molecule has 0 fully saturated rings. The number of phenols is 1. The highest BCUT2D eigenvalue weighted by molar-refractivity contribution is 5.79. The Labute approximate surface area is 74.0 Å². The van der Waals surface area contributed by atoms with E-state index in [9.17, 15) is 5.11 Å². The molecule has 0 radical (unpaired) electrons. The van der Waals surface area contributed by atoms with Crippen molar-refractivity contribution in [1.82, 2.24) is 4.98 Å². The SMILES string of the molecule is N#CCc1nc2c(O)cccc2o1. The van der Waals surface area contributed by atoms with Gasteiger partial charge in [-0.1, -0.05) is 6.07 Å². The molecule has 13 heavy (non-hydrogen) atoms. The van der Waals surface area contributed by atoms with Crippen LogP contribution in [0, 0.1) is 11.3 Å². The molecule has 64 valence electrons. The zero-order valence-electron chi connectivity index (χ0n) is 6.69. The maximum absolute atomic E-state index is 9.35. The second-order valence-electron chi connectivity index (χ2n) is 2.57. The second kappa shape index (κ2) is 2.79. The van der Waals surface area contributed by atoms with Gasteiger partial charge in [0.25, 0.3) is 0 Å². The van der Waals surface area contributed by atoms with Gasteiger partial charge in [-0.15, -0.1) is 0 Å². The molecule has 0 unspecified atom stereocenters. The molecule has 1 aromatic carbocycles. The number of hydrogen-bond donors (Lipinski definition) is 1. The molecule has 0 atom stereocenters. The summed E-state index contributed by atoms with van der Waals surface area (Å²) in [6.07, 6.45) is 0.119. The van der Waals surface area contributed by atoms with Crippen molar-refractivity contribution in [3.63, 3.8) is 0 Å². The highest BCUT2D eigenvalue weighted by Gasteiger charge is 2.07. The molecule has 0 aliphatic carbocycles. The summed E-state index contributed by atoms with van der Waals surface area (Å²) < 4.78 is 5.20. The van der Waals surface area contributed by atoms with E-state index in [0.717, 1.165) is 0 Å². The molecule has 0 aliphatic heterocycles. The molecule has 1 N–H and O–H groups in total. The standard InChI is InChI=1S/C9H6N2O2/c10-5-4-8-11-9-6(12)2-1-3-7(9)13-8/h1-3,12H,4H2. The molecule has 0 aliphatic rings. The number of oxazole rings is 1. The van der Waals surface area contributed by atoms with Crippen molar-refractivity contribution in [1.29, 1.82) is 5.26 Å². The van der Waals surface area contributed by atoms with Gasteiger partial charge in [0.2, 0.25) is 5.89 Å². The fraction of sp³-hybridized carbons (Fsp3) is 0.111. The Hall–Kier alpha value is -2.02. The lowest BCUT2D eigenvalue weighted by Gasteiger charge is -1.87. The summed E-state index contributed by atoms with van der Waals surface area (Å²) in [5.74, 6) is 0.407. The fourth-order valence-corrected chi connectivity index (χ4v) is 1.12. The predicted octanol–water partition coefficient (Wildman–Crippen LogP) is 1.60. The van der Waals surface area contributed by atoms with E-state index in [1.165, 1.54) is 6.07 Å². The van der Waals surface area contributed by atoms with Gasteiger partial charge < -0.3 is 9.52 Å². The molecule has 0 bridgehead atoms. The lowest BCUT2D eigenvalue weighted by Crippen LogP contribution is -1.78. The van der Waals surface area contributed by atoms with E-state index in [0.29, 0.717) is 17.0 Å². The summed E-state index contributed by atoms with van der Waals surface area (Å²) in [6, 6.07) is 6.82. The van der Waals surface area contributed by atoms with Crippen LogP contribution in [0.3, 0.4) is 0 Å². The number of benzene rings is 1. The first-order valence-electron chi connectivity index (χ1n) is 3.75. The van der Waals surface area contributed by atoms with E-state index in [1.807, 2.05) is 6.07 Å². The highest BCUT2D eigenvalue weighted by atomic mass is 16.3. The average Bonchev–Trinajstić information content (AvgIpc) is 2.49. The zero-order chi connectivity index (χ0) is 9.26. The second-order valence-corrected chi connectivity index (χ2v) is 2.57. The van der Waals surface area contributed by atoms with Crippen molar-refractivity contribution in [2.24, 2.45) is 0 Å². The Morgan fingerprint density at radius 1 is 1.54 bits per heavy atom. The molecular weight excluding hydrogens is 168 g/mol. The zero-order valence-corrected chi connectivity index (χ0v) is 6.69. The molecule has 0 amide bonds. The third-order valence-electron chi connectivity index (χ3n) is 1.67. The molecule has 1 aromatic heterocycles.